The molecule has 1 N–H and O–H groups in total. The van der Waals surface area contributed by atoms with E-state index in [1.165, 1.54) is 0 Å². The maximum absolute atomic E-state index is 6.14. The number of benzene rings is 2. The molecule has 0 aliphatic rings. The van der Waals surface area contributed by atoms with Crippen LogP contribution < -0.4 is 14.8 Å². The highest BCUT2D eigenvalue weighted by atomic mass is 35.5. The minimum absolute atomic E-state index is 0. The third-order valence-electron chi connectivity index (χ3n) is 3.38. The summed E-state index contributed by atoms with van der Waals surface area (Å²) in [5, 5.41) is 4.00. The van der Waals surface area contributed by atoms with Gasteiger partial charge in [0.2, 0.25) is 0 Å². The lowest BCUT2D eigenvalue weighted by Gasteiger charge is -2.13. The molecule has 0 spiro atoms. The van der Waals surface area contributed by atoms with Gasteiger partial charge in [0, 0.05) is 30.8 Å². The molecule has 0 bridgehead atoms. The Morgan fingerprint density at radius 1 is 1.04 bits per heavy atom. The standard InChI is InChI=1S/C18H22ClNO3.ClH/c1-21-10-9-20-12-14-7-8-17(18(11-14)22-2)23-13-15-5-3-4-6-16(15)19;/h3-8,11,20H,9-10,12-13H2,1-2H3;1H. The smallest absolute Gasteiger partial charge is 0.161 e. The molecule has 0 amide bonds. The van der Waals surface area contributed by atoms with Gasteiger partial charge in [0.15, 0.2) is 11.5 Å². The van der Waals surface area contributed by atoms with Gasteiger partial charge in [-0.05, 0) is 23.8 Å². The van der Waals surface area contributed by atoms with Crippen LogP contribution in [0.25, 0.3) is 0 Å². The van der Waals surface area contributed by atoms with Gasteiger partial charge >= 0.3 is 0 Å². The molecule has 0 heterocycles. The van der Waals surface area contributed by atoms with Gasteiger partial charge < -0.3 is 19.5 Å². The van der Waals surface area contributed by atoms with Gasteiger partial charge in [-0.3, -0.25) is 0 Å². The van der Waals surface area contributed by atoms with Crippen molar-refractivity contribution in [2.75, 3.05) is 27.4 Å². The van der Waals surface area contributed by atoms with Crippen molar-refractivity contribution in [3.8, 4) is 11.5 Å². The van der Waals surface area contributed by atoms with Gasteiger partial charge in [-0.25, -0.2) is 0 Å². The van der Waals surface area contributed by atoms with Gasteiger partial charge in [-0.2, -0.15) is 0 Å². The topological polar surface area (TPSA) is 39.7 Å². The predicted octanol–water partition coefficient (Wildman–Crippen LogP) is 4.09. The molecule has 4 nitrogen and oxygen atoms in total. The van der Waals surface area contributed by atoms with Crippen molar-refractivity contribution in [3.63, 3.8) is 0 Å². The summed E-state index contributed by atoms with van der Waals surface area (Å²) in [7, 11) is 3.33. The molecule has 0 aromatic heterocycles. The highest BCUT2D eigenvalue weighted by Gasteiger charge is 2.07. The number of hydrogen-bond acceptors (Lipinski definition) is 4. The summed E-state index contributed by atoms with van der Waals surface area (Å²) in [6.45, 7) is 2.66. The van der Waals surface area contributed by atoms with E-state index < -0.39 is 0 Å². The Hall–Kier alpha value is -1.46. The molecule has 0 aliphatic heterocycles. The van der Waals surface area contributed by atoms with Crippen LogP contribution in [0.5, 0.6) is 11.5 Å². The van der Waals surface area contributed by atoms with Crippen LogP contribution in [0, 0.1) is 0 Å². The zero-order valence-corrected chi connectivity index (χ0v) is 15.5. The lowest BCUT2D eigenvalue weighted by Crippen LogP contribution is -2.18. The van der Waals surface area contributed by atoms with Gasteiger partial charge in [0.05, 0.1) is 13.7 Å². The summed E-state index contributed by atoms with van der Waals surface area (Å²) in [6.07, 6.45) is 0. The maximum atomic E-state index is 6.14. The first-order valence-electron chi connectivity index (χ1n) is 7.47. The summed E-state index contributed by atoms with van der Waals surface area (Å²) in [5.74, 6) is 1.41. The van der Waals surface area contributed by atoms with Gasteiger partial charge in [0.1, 0.15) is 6.61 Å². The molecule has 2 aromatic carbocycles. The van der Waals surface area contributed by atoms with E-state index in [9.17, 15) is 0 Å². The summed E-state index contributed by atoms with van der Waals surface area (Å²) in [6, 6.07) is 13.6. The molecule has 2 rings (SSSR count). The first kappa shape index (κ1) is 20.6. The Bertz CT molecular complexity index is 623. The number of halogens is 2. The van der Waals surface area contributed by atoms with Gasteiger partial charge in [-0.1, -0.05) is 35.9 Å². The van der Waals surface area contributed by atoms with Crippen molar-refractivity contribution in [1.82, 2.24) is 5.32 Å². The normalized spacial score (nSPS) is 10.1. The number of hydrogen-bond donors (Lipinski definition) is 1. The first-order chi connectivity index (χ1) is 11.2. The molecular weight excluding hydrogens is 349 g/mol. The highest BCUT2D eigenvalue weighted by molar-refractivity contribution is 6.31. The monoisotopic (exact) mass is 371 g/mol. The second-order valence-electron chi connectivity index (χ2n) is 5.03. The van der Waals surface area contributed by atoms with Crippen LogP contribution in [0.15, 0.2) is 42.5 Å². The average molecular weight is 372 g/mol. The largest absolute Gasteiger partial charge is 0.493 e. The van der Waals surface area contributed by atoms with Crippen LogP contribution >= 0.6 is 24.0 Å². The third-order valence-corrected chi connectivity index (χ3v) is 3.75. The Balaban J connectivity index is 0.00000288. The second kappa shape index (κ2) is 11.2. The highest BCUT2D eigenvalue weighted by Crippen LogP contribution is 2.29. The summed E-state index contributed by atoms with van der Waals surface area (Å²) in [5.41, 5.74) is 2.07. The molecule has 6 heteroatoms. The maximum Gasteiger partial charge on any atom is 0.161 e. The minimum atomic E-state index is 0. The van der Waals surface area contributed by atoms with E-state index in [0.717, 1.165) is 24.2 Å². The summed E-state index contributed by atoms with van der Waals surface area (Å²) in [4.78, 5) is 0. The lowest BCUT2D eigenvalue weighted by atomic mass is 10.2. The van der Waals surface area contributed by atoms with Crippen molar-refractivity contribution in [3.05, 3.63) is 58.6 Å². The first-order valence-corrected chi connectivity index (χ1v) is 7.85. The fourth-order valence-electron chi connectivity index (χ4n) is 2.12. The zero-order valence-electron chi connectivity index (χ0n) is 13.9. The molecule has 132 valence electrons. The molecule has 0 unspecified atom stereocenters. The van der Waals surface area contributed by atoms with Crippen LogP contribution in [0.2, 0.25) is 5.02 Å². The van der Waals surface area contributed by atoms with Gasteiger partial charge in [0.25, 0.3) is 0 Å². The molecule has 24 heavy (non-hydrogen) atoms. The SMILES string of the molecule is COCCNCc1ccc(OCc2ccccc2Cl)c(OC)c1.Cl. The number of ether oxygens (including phenoxy) is 3. The quantitative estimate of drug-likeness (QED) is 0.674. The lowest BCUT2D eigenvalue weighted by molar-refractivity contribution is 0.199. The van der Waals surface area contributed by atoms with Crippen molar-refractivity contribution in [2.24, 2.45) is 0 Å². The number of nitrogens with one attached hydrogen (secondary N) is 1. The van der Waals surface area contributed by atoms with Crippen LogP contribution in [0.3, 0.4) is 0 Å². The summed E-state index contributed by atoms with van der Waals surface area (Å²) >= 11 is 6.14. The molecule has 0 saturated carbocycles. The Kier molecular flexibility index (Phi) is 9.57. The molecule has 0 aliphatic carbocycles. The van der Waals surface area contributed by atoms with Crippen LogP contribution in [-0.2, 0) is 17.9 Å². The van der Waals surface area contributed by atoms with E-state index in [4.69, 9.17) is 25.8 Å². The van der Waals surface area contributed by atoms with E-state index in [2.05, 4.69) is 5.32 Å². The van der Waals surface area contributed by atoms with Gasteiger partial charge in [-0.15, -0.1) is 12.4 Å². The van der Waals surface area contributed by atoms with E-state index >= 15 is 0 Å². The molecule has 0 saturated heterocycles. The number of methoxy groups -OCH3 is 2. The van der Waals surface area contributed by atoms with Crippen molar-refractivity contribution in [1.29, 1.82) is 0 Å². The predicted molar refractivity (Wildman–Crippen MR) is 99.6 cm³/mol. The molecule has 0 atom stereocenters. The zero-order chi connectivity index (χ0) is 16.5. The van der Waals surface area contributed by atoms with E-state index in [1.807, 2.05) is 42.5 Å². The third kappa shape index (κ3) is 6.21. The molecule has 2 aromatic rings. The van der Waals surface area contributed by atoms with Crippen LogP contribution in [0.4, 0.5) is 0 Å². The van der Waals surface area contributed by atoms with E-state index in [1.54, 1.807) is 14.2 Å². The molecule has 0 radical (unpaired) electrons. The van der Waals surface area contributed by atoms with Crippen molar-refractivity contribution in [2.45, 2.75) is 13.2 Å². The Morgan fingerprint density at radius 3 is 2.54 bits per heavy atom. The van der Waals surface area contributed by atoms with Crippen LogP contribution in [0.1, 0.15) is 11.1 Å². The summed E-state index contributed by atoms with van der Waals surface area (Å²) < 4.78 is 16.3. The van der Waals surface area contributed by atoms with E-state index in [-0.39, 0.29) is 12.4 Å². The fraction of sp³-hybridized carbons (Fsp3) is 0.333. The van der Waals surface area contributed by atoms with E-state index in [0.29, 0.717) is 29.7 Å². The van der Waals surface area contributed by atoms with Crippen LogP contribution in [-0.4, -0.2) is 27.4 Å². The minimum Gasteiger partial charge on any atom is -0.493 e. The fourth-order valence-corrected chi connectivity index (χ4v) is 2.31. The Morgan fingerprint density at radius 2 is 1.83 bits per heavy atom. The Labute approximate surface area is 154 Å². The van der Waals surface area contributed by atoms with Crippen molar-refractivity contribution < 1.29 is 14.2 Å². The number of rotatable bonds is 9. The average Bonchev–Trinajstić information content (AvgIpc) is 2.58. The second-order valence-corrected chi connectivity index (χ2v) is 5.44. The van der Waals surface area contributed by atoms with Crippen molar-refractivity contribution >= 4 is 24.0 Å². The molecular formula is C18H23Cl2NO3. The molecule has 0 fully saturated rings.